The average Bonchev–Trinajstić information content (AvgIpc) is 2.51. The maximum atomic E-state index is 12.1. The van der Waals surface area contributed by atoms with Crippen molar-refractivity contribution in [3.05, 3.63) is 0 Å². The van der Waals surface area contributed by atoms with Gasteiger partial charge in [-0.2, -0.15) is 0 Å². The molecule has 3 nitrogen and oxygen atoms in total. The molecule has 0 bridgehead atoms. The van der Waals surface area contributed by atoms with Crippen LogP contribution in [0.4, 0.5) is 0 Å². The van der Waals surface area contributed by atoms with Gasteiger partial charge in [0.05, 0.1) is 12.2 Å². The molecule has 0 aromatic rings. The van der Waals surface area contributed by atoms with Gasteiger partial charge >= 0.3 is 0 Å². The molecule has 1 saturated heterocycles. The van der Waals surface area contributed by atoms with Crippen molar-refractivity contribution >= 4 is 5.91 Å². The van der Waals surface area contributed by atoms with E-state index in [2.05, 4.69) is 39.9 Å². The molecule has 88 valence electrons. The van der Waals surface area contributed by atoms with E-state index in [1.807, 2.05) is 4.90 Å². The Morgan fingerprint density at radius 3 is 2.40 bits per heavy atom. The summed E-state index contributed by atoms with van der Waals surface area (Å²) >= 11 is 0. The standard InChI is InChI=1S/C12H24N2O/c1-6-8(3)9(4)14-10(5)13-11(7-2)12(14)15/h8-11,13H,6-7H2,1-5H3. The van der Waals surface area contributed by atoms with Crippen LogP contribution in [-0.4, -0.2) is 29.1 Å². The van der Waals surface area contributed by atoms with Crippen LogP contribution >= 0.6 is 0 Å². The molecule has 0 radical (unpaired) electrons. The molecule has 0 spiro atoms. The van der Waals surface area contributed by atoms with Crippen LogP contribution in [0.1, 0.15) is 47.5 Å². The molecule has 0 aromatic heterocycles. The summed E-state index contributed by atoms with van der Waals surface area (Å²) in [4.78, 5) is 14.1. The third kappa shape index (κ3) is 2.33. The molecule has 1 heterocycles. The minimum absolute atomic E-state index is 0.0338. The monoisotopic (exact) mass is 212 g/mol. The van der Waals surface area contributed by atoms with Gasteiger partial charge in [-0.25, -0.2) is 0 Å². The average molecular weight is 212 g/mol. The molecule has 1 rings (SSSR count). The second-order valence-electron chi connectivity index (χ2n) is 4.68. The second-order valence-corrected chi connectivity index (χ2v) is 4.68. The summed E-state index contributed by atoms with van der Waals surface area (Å²) in [6, 6.07) is 0.369. The van der Waals surface area contributed by atoms with Crippen molar-refractivity contribution < 1.29 is 4.79 Å². The predicted octanol–water partition coefficient (Wildman–Crippen LogP) is 1.98. The number of carbonyl (C=O) groups excluding carboxylic acids is 1. The van der Waals surface area contributed by atoms with Crippen molar-refractivity contribution in [1.82, 2.24) is 10.2 Å². The fraction of sp³-hybridized carbons (Fsp3) is 0.917. The molecule has 0 aliphatic carbocycles. The number of nitrogens with zero attached hydrogens (tertiary/aromatic N) is 1. The number of amides is 1. The fourth-order valence-corrected chi connectivity index (χ4v) is 2.27. The van der Waals surface area contributed by atoms with E-state index in [0.717, 1.165) is 12.8 Å². The lowest BCUT2D eigenvalue weighted by molar-refractivity contribution is -0.132. The van der Waals surface area contributed by atoms with Crippen LogP contribution in [0.5, 0.6) is 0 Å². The maximum absolute atomic E-state index is 12.1. The largest absolute Gasteiger partial charge is 0.323 e. The second kappa shape index (κ2) is 4.97. The van der Waals surface area contributed by atoms with E-state index in [4.69, 9.17) is 0 Å². The van der Waals surface area contributed by atoms with Gasteiger partial charge in [0.15, 0.2) is 0 Å². The summed E-state index contributed by atoms with van der Waals surface area (Å²) in [7, 11) is 0. The van der Waals surface area contributed by atoms with Crippen LogP contribution in [0.15, 0.2) is 0 Å². The van der Waals surface area contributed by atoms with Gasteiger partial charge in [-0.3, -0.25) is 10.1 Å². The van der Waals surface area contributed by atoms with Crippen LogP contribution in [-0.2, 0) is 4.79 Å². The van der Waals surface area contributed by atoms with Crippen molar-refractivity contribution in [2.45, 2.75) is 65.7 Å². The summed E-state index contributed by atoms with van der Waals surface area (Å²) in [6.45, 7) is 10.7. The lowest BCUT2D eigenvalue weighted by atomic mass is 9.99. The van der Waals surface area contributed by atoms with Gasteiger partial charge < -0.3 is 4.90 Å². The number of carbonyl (C=O) groups is 1. The van der Waals surface area contributed by atoms with Gasteiger partial charge in [0.25, 0.3) is 0 Å². The smallest absolute Gasteiger partial charge is 0.241 e. The molecule has 1 aliphatic rings. The Bertz CT molecular complexity index is 230. The molecular formula is C12H24N2O. The van der Waals surface area contributed by atoms with E-state index in [-0.39, 0.29) is 18.1 Å². The highest BCUT2D eigenvalue weighted by Gasteiger charge is 2.38. The van der Waals surface area contributed by atoms with E-state index in [1.54, 1.807) is 0 Å². The molecule has 15 heavy (non-hydrogen) atoms. The summed E-state index contributed by atoms with van der Waals surface area (Å²) < 4.78 is 0. The first-order valence-corrected chi connectivity index (χ1v) is 6.11. The molecular weight excluding hydrogens is 188 g/mol. The maximum Gasteiger partial charge on any atom is 0.241 e. The molecule has 1 amide bonds. The fourth-order valence-electron chi connectivity index (χ4n) is 2.27. The quantitative estimate of drug-likeness (QED) is 0.773. The highest BCUT2D eigenvalue weighted by Crippen LogP contribution is 2.22. The van der Waals surface area contributed by atoms with Crippen molar-refractivity contribution in [3.8, 4) is 0 Å². The molecule has 4 atom stereocenters. The minimum Gasteiger partial charge on any atom is -0.323 e. The summed E-state index contributed by atoms with van der Waals surface area (Å²) in [6.07, 6.45) is 2.19. The van der Waals surface area contributed by atoms with E-state index in [1.165, 1.54) is 0 Å². The van der Waals surface area contributed by atoms with Crippen molar-refractivity contribution in [2.75, 3.05) is 0 Å². The molecule has 3 heteroatoms. The van der Waals surface area contributed by atoms with Crippen LogP contribution in [0.25, 0.3) is 0 Å². The van der Waals surface area contributed by atoms with Crippen LogP contribution < -0.4 is 5.32 Å². The van der Waals surface area contributed by atoms with Gasteiger partial charge in [0.2, 0.25) is 5.91 Å². The zero-order chi connectivity index (χ0) is 11.6. The third-order valence-corrected chi connectivity index (χ3v) is 3.73. The summed E-state index contributed by atoms with van der Waals surface area (Å²) in [5.74, 6) is 0.839. The molecule has 0 aromatic carbocycles. The molecule has 0 saturated carbocycles. The van der Waals surface area contributed by atoms with Crippen molar-refractivity contribution in [2.24, 2.45) is 5.92 Å². The molecule has 1 aliphatic heterocycles. The molecule has 1 fully saturated rings. The SMILES string of the molecule is CCC1NC(C)N(C(C)C(C)CC)C1=O. The summed E-state index contributed by atoms with van der Waals surface area (Å²) in [5.41, 5.74) is 0. The first-order chi connectivity index (χ1) is 7.02. The van der Waals surface area contributed by atoms with Crippen molar-refractivity contribution in [3.63, 3.8) is 0 Å². The van der Waals surface area contributed by atoms with Gasteiger partial charge in [0, 0.05) is 6.04 Å². The van der Waals surface area contributed by atoms with E-state index in [9.17, 15) is 4.79 Å². The first kappa shape index (κ1) is 12.5. The highest BCUT2D eigenvalue weighted by molar-refractivity contribution is 5.84. The highest BCUT2D eigenvalue weighted by atomic mass is 16.2. The zero-order valence-corrected chi connectivity index (χ0v) is 10.6. The van der Waals surface area contributed by atoms with Crippen LogP contribution in [0, 0.1) is 5.92 Å². The Kier molecular flexibility index (Phi) is 4.14. The van der Waals surface area contributed by atoms with Gasteiger partial charge in [-0.05, 0) is 26.2 Å². The number of hydrogen-bond donors (Lipinski definition) is 1. The van der Waals surface area contributed by atoms with Gasteiger partial charge in [0.1, 0.15) is 0 Å². The molecule has 4 unspecified atom stereocenters. The normalized spacial score (nSPS) is 30.7. The van der Waals surface area contributed by atoms with Gasteiger partial charge in [-0.15, -0.1) is 0 Å². The van der Waals surface area contributed by atoms with E-state index in [0.29, 0.717) is 12.0 Å². The lowest BCUT2D eigenvalue weighted by Crippen LogP contribution is -2.44. The van der Waals surface area contributed by atoms with Crippen LogP contribution in [0.3, 0.4) is 0 Å². The first-order valence-electron chi connectivity index (χ1n) is 6.11. The van der Waals surface area contributed by atoms with E-state index >= 15 is 0 Å². The Balaban J connectivity index is 2.73. The molecule has 1 N–H and O–H groups in total. The van der Waals surface area contributed by atoms with Gasteiger partial charge in [-0.1, -0.05) is 27.2 Å². The minimum atomic E-state index is 0.0338. The Morgan fingerprint density at radius 2 is 2.00 bits per heavy atom. The Morgan fingerprint density at radius 1 is 1.40 bits per heavy atom. The zero-order valence-electron chi connectivity index (χ0n) is 10.6. The summed E-state index contributed by atoms with van der Waals surface area (Å²) in [5, 5.41) is 3.34. The third-order valence-electron chi connectivity index (χ3n) is 3.73. The number of hydrogen-bond acceptors (Lipinski definition) is 2. The number of nitrogens with one attached hydrogen (secondary N) is 1. The topological polar surface area (TPSA) is 32.3 Å². The Labute approximate surface area is 93.2 Å². The predicted molar refractivity (Wildman–Crippen MR) is 62.4 cm³/mol. The van der Waals surface area contributed by atoms with Crippen molar-refractivity contribution in [1.29, 1.82) is 0 Å². The van der Waals surface area contributed by atoms with E-state index < -0.39 is 0 Å². The Hall–Kier alpha value is -0.570. The number of rotatable bonds is 4. The van der Waals surface area contributed by atoms with Crippen LogP contribution in [0.2, 0.25) is 0 Å². The lowest BCUT2D eigenvalue weighted by Gasteiger charge is -2.32.